The highest BCUT2D eigenvalue weighted by atomic mass is 16.7. The van der Waals surface area contributed by atoms with Gasteiger partial charge in [0.25, 0.3) is 5.91 Å². The highest BCUT2D eigenvalue weighted by Gasteiger charge is 2.60. The predicted octanol–water partition coefficient (Wildman–Crippen LogP) is 18.9. The molecule has 12 aromatic carbocycles. The average Bonchev–Trinajstić information content (AvgIpc) is 0.745. The van der Waals surface area contributed by atoms with E-state index in [2.05, 4.69) is 5.32 Å². The molecule has 4 aliphatic rings. The van der Waals surface area contributed by atoms with Gasteiger partial charge in [0.05, 0.1) is 106 Å². The molecule has 680 valence electrons. The highest BCUT2D eigenvalue weighted by molar-refractivity contribution is 5.91. The summed E-state index contributed by atoms with van der Waals surface area (Å²) in [6.45, 7) is 0.536. The zero-order chi connectivity index (χ0) is 89.1. The number of ether oxygens (including phenoxy) is 15. The number of benzene rings is 12. The fourth-order valence-electron chi connectivity index (χ4n) is 17.8. The van der Waals surface area contributed by atoms with Gasteiger partial charge in [0.2, 0.25) is 5.91 Å². The van der Waals surface area contributed by atoms with Crippen LogP contribution >= 0.6 is 0 Å². The third-order valence-electron chi connectivity index (χ3n) is 24.6. The number of carbonyl (C=O) groups excluding carboxylic acids is 2. The van der Waals surface area contributed by atoms with Gasteiger partial charge in [-0.05, 0) is 79.6 Å². The molecule has 16 rings (SSSR count). The lowest BCUT2D eigenvalue weighted by Crippen LogP contribution is -2.72. The maximum absolute atomic E-state index is 19.1. The van der Waals surface area contributed by atoms with Gasteiger partial charge >= 0.3 is 0 Å². The van der Waals surface area contributed by atoms with Crippen LogP contribution in [-0.2, 0) is 160 Å². The lowest BCUT2D eigenvalue weighted by Gasteiger charge is -2.52. The number of hydrogen-bond acceptors (Lipinski definition) is 17. The van der Waals surface area contributed by atoms with Crippen molar-refractivity contribution in [3.8, 4) is 0 Å². The van der Waals surface area contributed by atoms with Crippen molar-refractivity contribution in [1.82, 2.24) is 10.2 Å². The first kappa shape index (κ1) is 93.2. The molecule has 1 unspecified atom stereocenters. The Morgan fingerprint density at radius 3 is 0.786 bits per heavy atom. The lowest BCUT2D eigenvalue weighted by molar-refractivity contribution is -0.290. The van der Waals surface area contributed by atoms with Crippen LogP contribution in [0.15, 0.2) is 364 Å². The van der Waals surface area contributed by atoms with Gasteiger partial charge in [0, 0.05) is 6.04 Å². The van der Waals surface area contributed by atoms with E-state index in [0.717, 1.165) is 86.0 Å². The quantitative estimate of drug-likeness (QED) is 0.0379. The number of carbonyl (C=O) groups is 2. The SMILES string of the molecule is O=C(NC1CCCCC1)C([C@@H]1O[C@H](COCc2ccccc2)[C@@H](OCc2ccccc2)[C@H](OCc2ccccc2)[C@H]1OCc1ccccc1)N(C[C@@H]1O[C@H](COCc2ccccc2)[C@@H](OCc2ccccc2)[C@H](OCc2ccccc2)[C@H]1OCc1ccccc1)C(=O)[C@@H]1O[C@H](COCc2ccccc2)[C@@H](OCc2ccccc2)[C@H](OCc2ccccc2)[C@H]1OCc1ccccc1. The topological polar surface area (TPSA) is 188 Å². The first-order chi connectivity index (χ1) is 64.8. The Kier molecular flexibility index (Phi) is 35.6. The van der Waals surface area contributed by atoms with E-state index in [-0.39, 0.29) is 105 Å². The number of nitrogens with zero attached hydrogens (tertiary/aromatic N) is 1. The van der Waals surface area contributed by atoms with E-state index in [1.165, 1.54) is 0 Å². The first-order valence-corrected chi connectivity index (χ1v) is 46.1. The fourth-order valence-corrected chi connectivity index (χ4v) is 17.8. The van der Waals surface area contributed by atoms with Crippen LogP contribution in [-0.4, -0.2) is 147 Å². The van der Waals surface area contributed by atoms with Crippen LogP contribution in [0.5, 0.6) is 0 Å². The number of nitrogens with one attached hydrogen (secondary N) is 1. The summed E-state index contributed by atoms with van der Waals surface area (Å²) in [5.41, 5.74) is 10.5. The van der Waals surface area contributed by atoms with Crippen LogP contribution in [0, 0.1) is 0 Å². The van der Waals surface area contributed by atoms with Crippen LogP contribution in [0.4, 0.5) is 0 Å². The van der Waals surface area contributed by atoms with Crippen LogP contribution in [0.25, 0.3) is 0 Å². The molecular formula is C112H120N2O17. The van der Waals surface area contributed by atoms with Crippen LogP contribution < -0.4 is 5.32 Å². The zero-order valence-corrected chi connectivity index (χ0v) is 74.2. The maximum atomic E-state index is 19.1. The monoisotopic (exact) mass is 1760 g/mol. The standard InChI is InChI=1S/C112H120N2O17/c115-111(113-94-64-38-13-39-65-94)99(104-108(127-77-92-60-34-11-35-61-92)106(125-75-90-56-30-9-31-57-90)102(122-72-87-50-24-6-25-51-87)97(130-104)80-118-68-83-42-16-2-17-43-83)114(66-95-100(120-70-85-46-20-4-21-47-85)105(124-74-89-54-28-8-29-55-89)101(121-71-86-48-22-5-23-49-86)96(129-95)79-117-67-82-40-14-1-15-41-82)112(116)110-109(128-78-93-62-36-12-37-63-93)107(126-76-91-58-32-10-33-59-91)103(123-73-88-52-26-7-27-53-88)98(131-110)81-119-69-84-44-18-3-19-45-84/h1-12,14-37,40-63,94-110H,13,38-39,64-81H2,(H,113,115)/t95-,96+,97+,98+,99?,100-,101+,102+,103+,104-,105+,106-,107-,108-,109+,110+/m0/s1. The van der Waals surface area contributed by atoms with Crippen LogP contribution in [0.3, 0.4) is 0 Å². The van der Waals surface area contributed by atoms with E-state index in [4.69, 9.17) is 71.1 Å². The van der Waals surface area contributed by atoms with Crippen molar-refractivity contribution in [2.24, 2.45) is 0 Å². The minimum atomic E-state index is -1.72. The molecule has 16 atom stereocenters. The summed E-state index contributed by atoms with van der Waals surface area (Å²) in [7, 11) is 0. The third-order valence-corrected chi connectivity index (χ3v) is 24.6. The first-order valence-electron chi connectivity index (χ1n) is 46.1. The maximum Gasteiger partial charge on any atom is 0.255 e. The Balaban J connectivity index is 0.924. The van der Waals surface area contributed by atoms with Crippen molar-refractivity contribution < 1.29 is 80.6 Å². The van der Waals surface area contributed by atoms with Gasteiger partial charge in [-0.3, -0.25) is 9.59 Å². The summed E-state index contributed by atoms with van der Waals surface area (Å²) in [6.07, 6.45) is -13.4. The van der Waals surface area contributed by atoms with Crippen molar-refractivity contribution in [2.45, 2.75) is 215 Å². The molecule has 19 heteroatoms. The van der Waals surface area contributed by atoms with E-state index in [9.17, 15) is 0 Å². The Labute approximate surface area is 770 Å². The van der Waals surface area contributed by atoms with Crippen molar-refractivity contribution in [2.75, 3.05) is 26.4 Å². The van der Waals surface area contributed by atoms with E-state index in [0.29, 0.717) is 12.8 Å². The van der Waals surface area contributed by atoms with Crippen molar-refractivity contribution in [3.63, 3.8) is 0 Å². The third kappa shape index (κ3) is 27.4. The second-order valence-corrected chi connectivity index (χ2v) is 34.1. The molecule has 3 aliphatic heterocycles. The molecule has 4 fully saturated rings. The van der Waals surface area contributed by atoms with Gasteiger partial charge in [0.1, 0.15) is 91.5 Å². The fraction of sp³-hybridized carbons (Fsp3) is 0.339. The van der Waals surface area contributed by atoms with E-state index in [1.54, 1.807) is 4.90 Å². The van der Waals surface area contributed by atoms with Crippen LogP contribution in [0.1, 0.15) is 98.9 Å². The smallest absolute Gasteiger partial charge is 0.255 e. The molecule has 0 radical (unpaired) electrons. The molecule has 3 saturated heterocycles. The Hall–Kier alpha value is -11.0. The van der Waals surface area contributed by atoms with Gasteiger partial charge < -0.3 is 81.3 Å². The molecule has 3 heterocycles. The largest absolute Gasteiger partial charge is 0.374 e. The molecule has 12 aromatic rings. The molecule has 19 nitrogen and oxygen atoms in total. The van der Waals surface area contributed by atoms with E-state index in [1.807, 2.05) is 364 Å². The molecule has 1 saturated carbocycles. The van der Waals surface area contributed by atoms with Gasteiger partial charge in [-0.25, -0.2) is 0 Å². The Morgan fingerprint density at radius 2 is 0.489 bits per heavy atom. The summed E-state index contributed by atoms with van der Waals surface area (Å²) in [5.74, 6) is -1.24. The van der Waals surface area contributed by atoms with E-state index < -0.39 is 116 Å². The summed E-state index contributed by atoms with van der Waals surface area (Å²) in [6, 6.07) is 117. The average molecular weight is 1770 g/mol. The summed E-state index contributed by atoms with van der Waals surface area (Å²) < 4.78 is 113. The van der Waals surface area contributed by atoms with Crippen LogP contribution in [0.2, 0.25) is 0 Å². The van der Waals surface area contributed by atoms with Crippen molar-refractivity contribution in [1.29, 1.82) is 0 Å². The normalized spacial score (nSPS) is 23.0. The van der Waals surface area contributed by atoms with Crippen molar-refractivity contribution >= 4 is 11.8 Å². The lowest BCUT2D eigenvalue weighted by atomic mass is 9.87. The molecule has 1 aliphatic carbocycles. The molecule has 0 aromatic heterocycles. The molecule has 1 N–H and O–H groups in total. The van der Waals surface area contributed by atoms with E-state index >= 15 is 9.59 Å². The number of amides is 2. The number of rotatable bonds is 46. The zero-order valence-electron chi connectivity index (χ0n) is 74.2. The predicted molar refractivity (Wildman–Crippen MR) is 500 cm³/mol. The second kappa shape index (κ2) is 50.0. The molecular weight excluding hydrogens is 1650 g/mol. The molecule has 0 bridgehead atoms. The summed E-state index contributed by atoms with van der Waals surface area (Å²) in [5, 5.41) is 3.64. The Bertz CT molecular complexity index is 5210. The van der Waals surface area contributed by atoms with Crippen molar-refractivity contribution in [3.05, 3.63) is 431 Å². The van der Waals surface area contributed by atoms with Gasteiger partial charge in [-0.2, -0.15) is 0 Å². The minimum Gasteiger partial charge on any atom is -0.374 e. The Morgan fingerprint density at radius 1 is 0.260 bits per heavy atom. The summed E-state index contributed by atoms with van der Waals surface area (Å²) in [4.78, 5) is 38.7. The van der Waals surface area contributed by atoms with Gasteiger partial charge in [-0.15, -0.1) is 0 Å². The second-order valence-electron chi connectivity index (χ2n) is 34.1. The van der Waals surface area contributed by atoms with Gasteiger partial charge in [-0.1, -0.05) is 383 Å². The molecule has 0 spiro atoms. The summed E-state index contributed by atoms with van der Waals surface area (Å²) >= 11 is 0. The molecule has 131 heavy (non-hydrogen) atoms. The highest BCUT2D eigenvalue weighted by Crippen LogP contribution is 2.40. The minimum absolute atomic E-state index is 0.00471. The van der Waals surface area contributed by atoms with Gasteiger partial charge in [0.15, 0.2) is 6.10 Å². The molecule has 2 amide bonds. The number of hydrogen-bond donors (Lipinski definition) is 1.